The number of benzene rings is 2. The Morgan fingerprint density at radius 2 is 1.90 bits per heavy atom. The highest BCUT2D eigenvalue weighted by molar-refractivity contribution is 5.83. The quantitative estimate of drug-likeness (QED) is 0.167. The number of aromatic nitrogens is 1. The van der Waals surface area contributed by atoms with Gasteiger partial charge < -0.3 is 15.4 Å². The molecule has 3 aromatic rings. The van der Waals surface area contributed by atoms with E-state index >= 15 is 0 Å². The van der Waals surface area contributed by atoms with Crippen LogP contribution in [0.5, 0.6) is 0 Å². The molecule has 6 nitrogen and oxygen atoms in total. The Kier molecular flexibility index (Phi) is 13.7. The van der Waals surface area contributed by atoms with Crippen molar-refractivity contribution in [3.63, 3.8) is 0 Å². The summed E-state index contributed by atoms with van der Waals surface area (Å²) < 4.78 is 0. The van der Waals surface area contributed by atoms with Crippen molar-refractivity contribution >= 4 is 17.3 Å². The number of H-pyrrole nitrogens is 1. The van der Waals surface area contributed by atoms with Gasteiger partial charge in [0.25, 0.3) is 0 Å². The summed E-state index contributed by atoms with van der Waals surface area (Å²) in [5.41, 5.74) is 5.95. The number of para-hydroxylation sites is 1. The van der Waals surface area contributed by atoms with Gasteiger partial charge in [0.15, 0.2) is 0 Å². The van der Waals surface area contributed by atoms with Crippen molar-refractivity contribution in [2.75, 3.05) is 13.2 Å². The first kappa shape index (κ1) is 32.1. The van der Waals surface area contributed by atoms with Crippen molar-refractivity contribution in [3.8, 4) is 11.8 Å². The van der Waals surface area contributed by atoms with Crippen LogP contribution in [-0.2, 0) is 22.6 Å². The molecule has 3 unspecified atom stereocenters. The van der Waals surface area contributed by atoms with E-state index in [1.54, 1.807) is 0 Å². The minimum Gasteiger partial charge on any atom is -0.396 e. The van der Waals surface area contributed by atoms with Gasteiger partial charge in [0, 0.05) is 47.7 Å². The fourth-order valence-electron chi connectivity index (χ4n) is 5.28. The molecule has 0 radical (unpaired) electrons. The summed E-state index contributed by atoms with van der Waals surface area (Å²) in [5, 5.41) is 15.5. The standard InChI is InChI=1S/C22H29NO2.C11H12N2O.C2H6/c1-3-22-21(16-24)17(2)23(25-22)15-20-13-11-19(12-14-20)10-9-18-7-5-4-6-8-18;14-8-12-6-5-9-7-13-11-4-2-1-3-10(9)11;1-2/h7,11-14,17,21-22,24H,3-6,8,15-16H2,1-2H3;1-4,7-8,13H,5-6H2,(H,12,14);1-2H3. The van der Waals surface area contributed by atoms with Crippen LogP contribution in [-0.4, -0.2) is 46.9 Å². The third-order valence-electron chi connectivity index (χ3n) is 7.68. The second-order valence-electron chi connectivity index (χ2n) is 10.3. The molecule has 1 aliphatic carbocycles. The first-order valence-corrected chi connectivity index (χ1v) is 15.2. The number of nitrogens with zero attached hydrogens (tertiary/aromatic N) is 1. The number of amides is 1. The predicted octanol–water partition coefficient (Wildman–Crippen LogP) is 6.54. The van der Waals surface area contributed by atoms with E-state index in [2.05, 4.69) is 72.4 Å². The van der Waals surface area contributed by atoms with Gasteiger partial charge in [0.05, 0.1) is 12.7 Å². The zero-order valence-corrected chi connectivity index (χ0v) is 25.2. The second-order valence-corrected chi connectivity index (χ2v) is 10.3. The molecule has 0 saturated carbocycles. The molecule has 5 rings (SSSR count). The van der Waals surface area contributed by atoms with Crippen LogP contribution >= 0.6 is 0 Å². The number of carbonyl (C=O) groups excluding carboxylic acids is 1. The fourth-order valence-corrected chi connectivity index (χ4v) is 5.28. The van der Waals surface area contributed by atoms with Gasteiger partial charge in [0.2, 0.25) is 6.41 Å². The van der Waals surface area contributed by atoms with Crippen LogP contribution < -0.4 is 5.32 Å². The average Bonchev–Trinajstić information content (AvgIpc) is 3.58. The molecule has 2 aromatic carbocycles. The topological polar surface area (TPSA) is 77.6 Å². The smallest absolute Gasteiger partial charge is 0.207 e. The predicted molar refractivity (Wildman–Crippen MR) is 168 cm³/mol. The van der Waals surface area contributed by atoms with E-state index in [4.69, 9.17) is 4.84 Å². The molecule has 1 fully saturated rings. The van der Waals surface area contributed by atoms with Crippen LogP contribution in [0.1, 0.15) is 76.5 Å². The lowest BCUT2D eigenvalue weighted by molar-refractivity contribution is -0.168. The van der Waals surface area contributed by atoms with Crippen molar-refractivity contribution in [2.24, 2.45) is 5.92 Å². The number of aliphatic hydroxyl groups is 1. The SMILES string of the molecule is CC.CCC1ON(Cc2ccc(C#CC3=CCCCC3)cc2)C(C)C1CO.O=CNCCc1c[nH]c2ccccc12. The van der Waals surface area contributed by atoms with E-state index in [9.17, 15) is 9.90 Å². The molecule has 220 valence electrons. The van der Waals surface area contributed by atoms with E-state index in [0.717, 1.165) is 43.3 Å². The number of carbonyl (C=O) groups is 1. The molecule has 6 heteroatoms. The van der Waals surface area contributed by atoms with Crippen molar-refractivity contribution in [3.05, 3.63) is 83.1 Å². The van der Waals surface area contributed by atoms with Crippen molar-refractivity contribution in [1.29, 1.82) is 0 Å². The summed E-state index contributed by atoms with van der Waals surface area (Å²) in [6.07, 6.45) is 11.8. The third kappa shape index (κ3) is 9.33. The highest BCUT2D eigenvalue weighted by Gasteiger charge is 2.39. The second kappa shape index (κ2) is 17.4. The van der Waals surface area contributed by atoms with Crippen molar-refractivity contribution in [2.45, 2.75) is 84.9 Å². The lowest BCUT2D eigenvalue weighted by atomic mass is 9.95. The average molecular weight is 558 g/mol. The fraction of sp³-hybridized carbons (Fsp3) is 0.457. The maximum atomic E-state index is 10.1. The van der Waals surface area contributed by atoms with Crippen LogP contribution in [0.25, 0.3) is 10.9 Å². The number of hydroxylamine groups is 2. The maximum absolute atomic E-state index is 10.1. The van der Waals surface area contributed by atoms with Gasteiger partial charge in [-0.3, -0.25) is 9.63 Å². The first-order valence-electron chi connectivity index (χ1n) is 15.2. The number of aromatic amines is 1. The van der Waals surface area contributed by atoms with E-state index in [1.165, 1.54) is 41.3 Å². The van der Waals surface area contributed by atoms with Crippen molar-refractivity contribution < 1.29 is 14.7 Å². The zero-order valence-electron chi connectivity index (χ0n) is 25.2. The number of fused-ring (bicyclic) bond motifs is 1. The molecule has 0 spiro atoms. The zero-order chi connectivity index (χ0) is 29.5. The van der Waals surface area contributed by atoms with Gasteiger partial charge in [-0.1, -0.05) is 69.0 Å². The van der Waals surface area contributed by atoms with Gasteiger partial charge in [-0.25, -0.2) is 0 Å². The molecular weight excluding hydrogens is 510 g/mol. The minimum atomic E-state index is 0.119. The molecule has 1 aliphatic heterocycles. The third-order valence-corrected chi connectivity index (χ3v) is 7.68. The van der Waals surface area contributed by atoms with Crippen molar-refractivity contribution in [1.82, 2.24) is 15.4 Å². The summed E-state index contributed by atoms with van der Waals surface area (Å²) in [4.78, 5) is 19.3. The molecule has 2 aliphatic rings. The van der Waals surface area contributed by atoms with Gasteiger partial charge in [-0.15, -0.1) is 0 Å². The molecule has 2 heterocycles. The van der Waals surface area contributed by atoms with Gasteiger partial charge in [0.1, 0.15) is 0 Å². The van der Waals surface area contributed by atoms with E-state index in [0.29, 0.717) is 6.54 Å². The molecule has 1 amide bonds. The van der Waals surface area contributed by atoms with Gasteiger partial charge in [-0.2, -0.15) is 5.06 Å². The summed E-state index contributed by atoms with van der Waals surface area (Å²) in [7, 11) is 0. The Bertz CT molecular complexity index is 1290. The summed E-state index contributed by atoms with van der Waals surface area (Å²) in [6.45, 7) is 9.85. The molecule has 3 atom stereocenters. The molecular formula is C35H47N3O3. The van der Waals surface area contributed by atoms with Crippen LogP contribution in [0.15, 0.2) is 66.4 Å². The van der Waals surface area contributed by atoms with Gasteiger partial charge in [-0.05, 0) is 80.3 Å². The Morgan fingerprint density at radius 3 is 2.56 bits per heavy atom. The summed E-state index contributed by atoms with van der Waals surface area (Å²) in [6, 6.07) is 16.8. The van der Waals surface area contributed by atoms with E-state index < -0.39 is 0 Å². The van der Waals surface area contributed by atoms with E-state index in [1.807, 2.05) is 43.3 Å². The lowest BCUT2D eigenvalue weighted by Crippen LogP contribution is -2.30. The largest absolute Gasteiger partial charge is 0.396 e. The van der Waals surface area contributed by atoms with Crippen LogP contribution in [0, 0.1) is 17.8 Å². The first-order chi connectivity index (χ1) is 20.1. The number of nitrogens with one attached hydrogen (secondary N) is 2. The number of hydrogen-bond donors (Lipinski definition) is 3. The van der Waals surface area contributed by atoms with Crippen LogP contribution in [0.4, 0.5) is 0 Å². The van der Waals surface area contributed by atoms with E-state index in [-0.39, 0.29) is 24.7 Å². The Balaban J connectivity index is 0.000000244. The summed E-state index contributed by atoms with van der Waals surface area (Å²) >= 11 is 0. The lowest BCUT2D eigenvalue weighted by Gasteiger charge is -2.21. The molecule has 1 aromatic heterocycles. The number of rotatable bonds is 8. The van der Waals surface area contributed by atoms with Crippen LogP contribution in [0.3, 0.4) is 0 Å². The Labute approximate surface area is 246 Å². The highest BCUT2D eigenvalue weighted by atomic mass is 16.7. The van der Waals surface area contributed by atoms with Crippen LogP contribution in [0.2, 0.25) is 0 Å². The highest BCUT2D eigenvalue weighted by Crippen LogP contribution is 2.30. The molecule has 1 saturated heterocycles. The number of aliphatic hydroxyl groups excluding tert-OH is 1. The molecule has 3 N–H and O–H groups in total. The normalized spacial score (nSPS) is 20.0. The minimum absolute atomic E-state index is 0.119. The number of hydrogen-bond acceptors (Lipinski definition) is 4. The maximum Gasteiger partial charge on any atom is 0.207 e. The van der Waals surface area contributed by atoms with Gasteiger partial charge >= 0.3 is 0 Å². The number of allylic oxidation sites excluding steroid dienone is 2. The summed E-state index contributed by atoms with van der Waals surface area (Å²) in [5.74, 6) is 6.79. The Hall–Kier alpha value is -3.37. The Morgan fingerprint density at radius 1 is 1.12 bits per heavy atom. The monoisotopic (exact) mass is 557 g/mol. The molecule has 0 bridgehead atoms. The molecule has 41 heavy (non-hydrogen) atoms.